The lowest BCUT2D eigenvalue weighted by molar-refractivity contribution is 0.0784. The zero-order valence-corrected chi connectivity index (χ0v) is 17.3. The van der Waals surface area contributed by atoms with E-state index in [2.05, 4.69) is 52.4 Å². The van der Waals surface area contributed by atoms with Gasteiger partial charge in [0, 0.05) is 25.2 Å². The van der Waals surface area contributed by atoms with E-state index in [1.165, 1.54) is 30.2 Å². The van der Waals surface area contributed by atoms with Crippen molar-refractivity contribution < 1.29 is 9.90 Å². The van der Waals surface area contributed by atoms with Crippen LogP contribution in [0.2, 0.25) is 0 Å². The third-order valence-corrected chi connectivity index (χ3v) is 6.41. The number of nitrogens with zero attached hydrogens (tertiary/aromatic N) is 2. The number of benzene rings is 2. The second-order valence-corrected chi connectivity index (χ2v) is 8.47. The molecular formula is C25H25N3O3. The molecule has 3 aromatic rings. The van der Waals surface area contributed by atoms with Gasteiger partial charge in [0.25, 0.3) is 11.5 Å². The highest BCUT2D eigenvalue weighted by molar-refractivity contribution is 5.92. The zero-order chi connectivity index (χ0) is 21.4. The molecule has 2 aromatic carbocycles. The monoisotopic (exact) mass is 415 g/mol. The molecule has 1 aromatic heterocycles. The minimum Gasteiger partial charge on any atom is -0.392 e. The third kappa shape index (κ3) is 3.91. The van der Waals surface area contributed by atoms with Crippen LogP contribution in [0.25, 0.3) is 11.1 Å². The van der Waals surface area contributed by atoms with Crippen molar-refractivity contribution in [2.75, 3.05) is 13.1 Å². The van der Waals surface area contributed by atoms with Crippen LogP contribution in [0.1, 0.15) is 58.3 Å². The van der Waals surface area contributed by atoms with Crippen LogP contribution in [-0.4, -0.2) is 39.0 Å². The molecule has 2 aliphatic rings. The molecule has 2 heterocycles. The van der Waals surface area contributed by atoms with Crippen molar-refractivity contribution in [1.82, 2.24) is 14.9 Å². The Hall–Kier alpha value is -3.25. The van der Waals surface area contributed by atoms with Crippen LogP contribution in [-0.2, 0) is 6.61 Å². The first-order valence-electron chi connectivity index (χ1n) is 10.8. The number of hydrogen-bond acceptors (Lipinski definition) is 4. The van der Waals surface area contributed by atoms with Gasteiger partial charge in [0.05, 0.1) is 12.8 Å². The Morgan fingerprint density at radius 3 is 2.68 bits per heavy atom. The molecule has 1 saturated heterocycles. The highest BCUT2D eigenvalue weighted by Crippen LogP contribution is 2.44. The molecule has 1 amide bonds. The molecule has 2 fully saturated rings. The van der Waals surface area contributed by atoms with Gasteiger partial charge >= 0.3 is 0 Å². The van der Waals surface area contributed by atoms with E-state index in [-0.39, 0.29) is 29.7 Å². The lowest BCUT2D eigenvalue weighted by atomic mass is 9.89. The number of aliphatic hydroxyl groups excluding tert-OH is 1. The third-order valence-electron chi connectivity index (χ3n) is 6.41. The maximum atomic E-state index is 12.7. The summed E-state index contributed by atoms with van der Waals surface area (Å²) in [5, 5.41) is 10.1. The Kier molecular flexibility index (Phi) is 5.16. The van der Waals surface area contributed by atoms with Gasteiger partial charge in [0.1, 0.15) is 5.69 Å². The van der Waals surface area contributed by atoms with Gasteiger partial charge in [-0.2, -0.15) is 0 Å². The lowest BCUT2D eigenvalue weighted by Gasteiger charge is -2.19. The fourth-order valence-electron chi connectivity index (χ4n) is 4.64. The minimum atomic E-state index is -0.327. The zero-order valence-electron chi connectivity index (χ0n) is 17.3. The average Bonchev–Trinajstić information content (AvgIpc) is 3.55. The van der Waals surface area contributed by atoms with E-state index in [1.807, 2.05) is 0 Å². The summed E-state index contributed by atoms with van der Waals surface area (Å²) in [6, 6.07) is 14.9. The Bertz CT molecular complexity index is 1160. The first-order valence-corrected chi connectivity index (χ1v) is 10.8. The molecule has 0 bridgehead atoms. The molecule has 1 saturated carbocycles. The maximum absolute atomic E-state index is 12.7. The topological polar surface area (TPSA) is 86.3 Å². The molecule has 158 valence electrons. The highest BCUT2D eigenvalue weighted by Gasteiger charge is 2.30. The summed E-state index contributed by atoms with van der Waals surface area (Å²) in [7, 11) is 0. The van der Waals surface area contributed by atoms with Crippen molar-refractivity contribution in [3.8, 4) is 11.1 Å². The molecule has 2 N–H and O–H groups in total. The van der Waals surface area contributed by atoms with Crippen LogP contribution in [0.5, 0.6) is 0 Å². The van der Waals surface area contributed by atoms with Crippen LogP contribution in [0.4, 0.5) is 0 Å². The van der Waals surface area contributed by atoms with Crippen molar-refractivity contribution in [3.63, 3.8) is 0 Å². The fraction of sp³-hybridized carbons (Fsp3) is 0.320. The number of carbonyl (C=O) groups excluding carboxylic acids is 1. The van der Waals surface area contributed by atoms with Gasteiger partial charge in [-0.1, -0.05) is 36.4 Å². The van der Waals surface area contributed by atoms with Crippen LogP contribution < -0.4 is 5.56 Å². The van der Waals surface area contributed by atoms with E-state index < -0.39 is 0 Å². The van der Waals surface area contributed by atoms with E-state index in [9.17, 15) is 14.7 Å². The SMILES string of the molecule is O=C(c1c[nH]c(=O)cn1)N1CCC(c2ccc(-c3ccccc3C3CC3)cc2CO)C1. The molecule has 5 rings (SSSR count). The second-order valence-electron chi connectivity index (χ2n) is 8.47. The Balaban J connectivity index is 1.38. The number of aromatic nitrogens is 2. The van der Waals surface area contributed by atoms with E-state index in [4.69, 9.17) is 0 Å². The van der Waals surface area contributed by atoms with Gasteiger partial charge in [-0.25, -0.2) is 4.98 Å². The number of aromatic amines is 1. The quantitative estimate of drug-likeness (QED) is 0.668. The standard InChI is InChI=1S/C25H25N3O3/c29-15-19-11-17(22-4-2-1-3-21(22)16-5-6-16)7-8-20(19)18-9-10-28(14-18)25(31)23-12-27-24(30)13-26-23/h1-4,7-8,11-13,16,18,29H,5-6,9-10,14-15H2,(H,27,30). The van der Waals surface area contributed by atoms with Gasteiger partial charge in [0.15, 0.2) is 0 Å². The van der Waals surface area contributed by atoms with E-state index >= 15 is 0 Å². The predicted octanol–water partition coefficient (Wildman–Crippen LogP) is 3.44. The molecule has 6 nitrogen and oxygen atoms in total. The number of rotatable bonds is 5. The van der Waals surface area contributed by atoms with Crippen molar-refractivity contribution in [2.45, 2.75) is 37.7 Å². The van der Waals surface area contributed by atoms with Crippen molar-refractivity contribution in [3.05, 3.63) is 87.6 Å². The minimum absolute atomic E-state index is 0.0271. The maximum Gasteiger partial charge on any atom is 0.273 e. The number of hydrogen-bond donors (Lipinski definition) is 2. The van der Waals surface area contributed by atoms with Crippen LogP contribution in [0.15, 0.2) is 59.7 Å². The summed E-state index contributed by atoms with van der Waals surface area (Å²) >= 11 is 0. The Morgan fingerprint density at radius 2 is 1.94 bits per heavy atom. The van der Waals surface area contributed by atoms with Crippen molar-refractivity contribution in [2.24, 2.45) is 0 Å². The average molecular weight is 415 g/mol. The molecule has 1 aliphatic heterocycles. The van der Waals surface area contributed by atoms with Crippen LogP contribution in [0.3, 0.4) is 0 Å². The van der Waals surface area contributed by atoms with E-state index in [0.717, 1.165) is 29.3 Å². The molecule has 6 heteroatoms. The lowest BCUT2D eigenvalue weighted by Crippen LogP contribution is -2.30. The van der Waals surface area contributed by atoms with Gasteiger partial charge in [-0.15, -0.1) is 0 Å². The fourth-order valence-corrected chi connectivity index (χ4v) is 4.64. The van der Waals surface area contributed by atoms with Gasteiger partial charge in [-0.3, -0.25) is 9.59 Å². The normalized spacial score (nSPS) is 18.4. The summed E-state index contributed by atoms with van der Waals surface area (Å²) in [6.07, 6.45) is 5.82. The number of likely N-dealkylation sites (tertiary alicyclic amines) is 1. The molecule has 31 heavy (non-hydrogen) atoms. The molecule has 1 unspecified atom stereocenters. The number of aliphatic hydroxyl groups is 1. The molecule has 0 spiro atoms. The molecular weight excluding hydrogens is 390 g/mol. The van der Waals surface area contributed by atoms with Crippen molar-refractivity contribution >= 4 is 5.91 Å². The molecule has 0 radical (unpaired) electrons. The first-order chi connectivity index (χ1) is 15.1. The van der Waals surface area contributed by atoms with Crippen LogP contribution in [0, 0.1) is 0 Å². The largest absolute Gasteiger partial charge is 0.392 e. The Morgan fingerprint density at radius 1 is 1.10 bits per heavy atom. The van der Waals surface area contributed by atoms with Gasteiger partial charge < -0.3 is 15.0 Å². The Labute approximate surface area is 180 Å². The molecule has 1 aliphatic carbocycles. The summed E-state index contributed by atoms with van der Waals surface area (Å²) in [5.41, 5.74) is 5.72. The number of nitrogens with one attached hydrogen (secondary N) is 1. The van der Waals surface area contributed by atoms with Gasteiger partial charge in [0.2, 0.25) is 0 Å². The summed E-state index contributed by atoms with van der Waals surface area (Å²) in [4.78, 5) is 32.2. The van der Waals surface area contributed by atoms with Crippen LogP contribution >= 0.6 is 0 Å². The van der Waals surface area contributed by atoms with E-state index in [1.54, 1.807) is 4.90 Å². The highest BCUT2D eigenvalue weighted by atomic mass is 16.3. The van der Waals surface area contributed by atoms with E-state index in [0.29, 0.717) is 19.0 Å². The smallest absolute Gasteiger partial charge is 0.273 e. The first kappa shape index (κ1) is 19.7. The summed E-state index contributed by atoms with van der Waals surface area (Å²) in [6.45, 7) is 1.17. The number of H-pyrrole nitrogens is 1. The van der Waals surface area contributed by atoms with Gasteiger partial charge in [-0.05, 0) is 59.1 Å². The van der Waals surface area contributed by atoms with Crippen molar-refractivity contribution in [1.29, 1.82) is 0 Å². The predicted molar refractivity (Wildman–Crippen MR) is 118 cm³/mol. The number of carbonyl (C=O) groups is 1. The summed E-state index contributed by atoms with van der Waals surface area (Å²) in [5.74, 6) is 0.644. The summed E-state index contributed by atoms with van der Waals surface area (Å²) < 4.78 is 0. The second kappa shape index (κ2) is 8.12. The number of amides is 1. The molecule has 1 atom stereocenters.